The van der Waals surface area contributed by atoms with Crippen LogP contribution in [0.4, 0.5) is 0 Å². The minimum absolute atomic E-state index is 0.0123. The van der Waals surface area contributed by atoms with Crippen molar-refractivity contribution in [2.45, 2.75) is 13.2 Å². The monoisotopic (exact) mass is 246 g/mol. The van der Waals surface area contributed by atoms with Crippen molar-refractivity contribution >= 4 is 0 Å². The van der Waals surface area contributed by atoms with Crippen molar-refractivity contribution in [1.29, 1.82) is 0 Å². The minimum atomic E-state index is -0.205. The number of aliphatic hydroxyl groups excluding tert-OH is 1. The zero-order valence-electron chi connectivity index (χ0n) is 9.71. The van der Waals surface area contributed by atoms with Gasteiger partial charge in [0.05, 0.1) is 6.61 Å². The summed E-state index contributed by atoms with van der Waals surface area (Å²) < 4.78 is 5.48. The summed E-state index contributed by atoms with van der Waals surface area (Å²) >= 11 is 0. The Morgan fingerprint density at radius 3 is 2.50 bits per heavy atom. The molecule has 94 valence electrons. The molecule has 0 bridgehead atoms. The topological polar surface area (TPSA) is 69.9 Å². The Hall–Kier alpha value is -2.20. The first-order chi connectivity index (χ1) is 8.70. The first-order valence-corrected chi connectivity index (χ1v) is 5.53. The van der Waals surface area contributed by atoms with Crippen LogP contribution in [0.25, 0.3) is 0 Å². The van der Waals surface area contributed by atoms with E-state index in [2.05, 4.69) is 0 Å². The molecule has 0 unspecified atom stereocenters. The molecule has 0 atom stereocenters. The molecule has 0 saturated carbocycles. The number of aliphatic hydroxyl groups is 1. The maximum Gasteiger partial charge on any atom is 0.166 e. The Morgan fingerprint density at radius 1 is 1.00 bits per heavy atom. The van der Waals surface area contributed by atoms with E-state index in [0.29, 0.717) is 5.56 Å². The maximum absolute atomic E-state index is 9.67. The van der Waals surface area contributed by atoms with Crippen LogP contribution in [-0.2, 0) is 13.2 Å². The molecule has 0 aliphatic carbocycles. The number of phenols is 2. The fourth-order valence-electron chi connectivity index (χ4n) is 1.66. The molecule has 4 heteroatoms. The molecule has 0 amide bonds. The van der Waals surface area contributed by atoms with E-state index in [1.54, 1.807) is 36.4 Å². The molecule has 2 rings (SSSR count). The molecule has 4 nitrogen and oxygen atoms in total. The van der Waals surface area contributed by atoms with E-state index in [0.717, 1.165) is 5.56 Å². The van der Waals surface area contributed by atoms with E-state index in [9.17, 15) is 10.2 Å². The fraction of sp³-hybridized carbons (Fsp3) is 0.143. The van der Waals surface area contributed by atoms with Crippen LogP contribution in [0.3, 0.4) is 0 Å². The lowest BCUT2D eigenvalue weighted by Gasteiger charge is -2.11. The van der Waals surface area contributed by atoms with Gasteiger partial charge in [-0.15, -0.1) is 0 Å². The van der Waals surface area contributed by atoms with Crippen LogP contribution in [0, 0.1) is 0 Å². The van der Waals surface area contributed by atoms with Gasteiger partial charge in [-0.3, -0.25) is 0 Å². The Balaban J connectivity index is 2.15. The molecule has 2 aromatic carbocycles. The molecule has 0 aromatic heterocycles. The third-order valence-electron chi connectivity index (χ3n) is 2.54. The standard InChI is InChI=1S/C14H14O4/c15-8-11-4-2-6-13(17)14(11)18-9-10-3-1-5-12(16)7-10/h1-7,15-17H,8-9H2. The molecule has 0 aliphatic rings. The molecule has 3 N–H and O–H groups in total. The van der Waals surface area contributed by atoms with Gasteiger partial charge in [0.2, 0.25) is 0 Å². The molecule has 0 radical (unpaired) electrons. The van der Waals surface area contributed by atoms with Crippen LogP contribution in [0.2, 0.25) is 0 Å². The summed E-state index contributed by atoms with van der Waals surface area (Å²) in [5, 5.41) is 28.1. The molecule has 0 aliphatic heterocycles. The van der Waals surface area contributed by atoms with Crippen molar-refractivity contribution in [1.82, 2.24) is 0 Å². The van der Waals surface area contributed by atoms with E-state index >= 15 is 0 Å². The summed E-state index contributed by atoms with van der Waals surface area (Å²) in [6, 6.07) is 11.5. The van der Waals surface area contributed by atoms with Gasteiger partial charge in [-0.1, -0.05) is 24.3 Å². The number of hydrogen-bond donors (Lipinski definition) is 3. The summed E-state index contributed by atoms with van der Waals surface area (Å²) in [7, 11) is 0. The molecule has 2 aromatic rings. The largest absolute Gasteiger partial charge is 0.508 e. The summed E-state index contributed by atoms with van der Waals surface area (Å²) in [5.74, 6) is 0.417. The Bertz CT molecular complexity index is 537. The Kier molecular flexibility index (Phi) is 3.69. The second-order valence-corrected chi connectivity index (χ2v) is 3.88. The van der Waals surface area contributed by atoms with Gasteiger partial charge in [0.25, 0.3) is 0 Å². The van der Waals surface area contributed by atoms with Crippen molar-refractivity contribution in [3.05, 3.63) is 53.6 Å². The van der Waals surface area contributed by atoms with Crippen LogP contribution >= 0.6 is 0 Å². The number of rotatable bonds is 4. The summed E-state index contributed by atoms with van der Waals surface area (Å²) in [6.07, 6.45) is 0. The highest BCUT2D eigenvalue weighted by atomic mass is 16.5. The normalized spacial score (nSPS) is 10.3. The SMILES string of the molecule is OCc1cccc(O)c1OCc1cccc(O)c1. The maximum atomic E-state index is 9.67. The lowest BCUT2D eigenvalue weighted by Crippen LogP contribution is -1.99. The molecule has 0 spiro atoms. The van der Waals surface area contributed by atoms with Gasteiger partial charge in [-0.05, 0) is 23.8 Å². The average Bonchev–Trinajstić information content (AvgIpc) is 2.37. The number of phenolic OH excluding ortho intramolecular Hbond substituents is 2. The zero-order valence-corrected chi connectivity index (χ0v) is 9.71. The van der Waals surface area contributed by atoms with E-state index in [4.69, 9.17) is 9.84 Å². The van der Waals surface area contributed by atoms with Gasteiger partial charge in [-0.2, -0.15) is 0 Å². The highest BCUT2D eigenvalue weighted by Crippen LogP contribution is 2.30. The van der Waals surface area contributed by atoms with Gasteiger partial charge >= 0.3 is 0 Å². The van der Waals surface area contributed by atoms with E-state index in [-0.39, 0.29) is 30.5 Å². The molecule has 0 saturated heterocycles. The Labute approximate surface area is 105 Å². The lowest BCUT2D eigenvalue weighted by atomic mass is 10.2. The van der Waals surface area contributed by atoms with Crippen LogP contribution in [-0.4, -0.2) is 15.3 Å². The van der Waals surface area contributed by atoms with Crippen LogP contribution in [0.1, 0.15) is 11.1 Å². The predicted octanol–water partition coefficient (Wildman–Crippen LogP) is 2.17. The smallest absolute Gasteiger partial charge is 0.166 e. The van der Waals surface area contributed by atoms with Gasteiger partial charge in [-0.25, -0.2) is 0 Å². The number of aromatic hydroxyl groups is 2. The molecular formula is C14H14O4. The number of ether oxygens (including phenoxy) is 1. The summed E-state index contributed by atoms with van der Waals surface area (Å²) in [6.45, 7) is 0.00272. The second kappa shape index (κ2) is 5.42. The summed E-state index contributed by atoms with van der Waals surface area (Å²) in [5.41, 5.74) is 1.30. The van der Waals surface area contributed by atoms with Gasteiger partial charge < -0.3 is 20.1 Å². The van der Waals surface area contributed by atoms with Crippen molar-refractivity contribution in [2.75, 3.05) is 0 Å². The van der Waals surface area contributed by atoms with Gasteiger partial charge in [0, 0.05) is 5.56 Å². The Morgan fingerprint density at radius 2 is 1.78 bits per heavy atom. The average molecular weight is 246 g/mol. The predicted molar refractivity (Wildman–Crippen MR) is 66.5 cm³/mol. The van der Waals surface area contributed by atoms with Gasteiger partial charge in [0.1, 0.15) is 12.4 Å². The quantitative estimate of drug-likeness (QED) is 0.773. The number of para-hydroxylation sites is 1. The third kappa shape index (κ3) is 2.73. The molecule has 18 heavy (non-hydrogen) atoms. The van der Waals surface area contributed by atoms with Crippen molar-refractivity contribution in [3.8, 4) is 17.2 Å². The van der Waals surface area contributed by atoms with Crippen LogP contribution in [0.15, 0.2) is 42.5 Å². The molecular weight excluding hydrogens is 232 g/mol. The van der Waals surface area contributed by atoms with Gasteiger partial charge in [0.15, 0.2) is 11.5 Å². The van der Waals surface area contributed by atoms with Crippen LogP contribution in [0.5, 0.6) is 17.2 Å². The number of hydrogen-bond acceptors (Lipinski definition) is 4. The van der Waals surface area contributed by atoms with Crippen molar-refractivity contribution in [3.63, 3.8) is 0 Å². The first kappa shape index (κ1) is 12.3. The van der Waals surface area contributed by atoms with E-state index in [1.807, 2.05) is 0 Å². The highest BCUT2D eigenvalue weighted by molar-refractivity contribution is 5.45. The lowest BCUT2D eigenvalue weighted by molar-refractivity contribution is 0.251. The van der Waals surface area contributed by atoms with Crippen LogP contribution < -0.4 is 4.74 Å². The summed E-state index contributed by atoms with van der Waals surface area (Å²) in [4.78, 5) is 0. The number of benzene rings is 2. The van der Waals surface area contributed by atoms with Crippen molar-refractivity contribution < 1.29 is 20.1 Å². The second-order valence-electron chi connectivity index (χ2n) is 3.88. The molecule has 0 heterocycles. The molecule has 0 fully saturated rings. The first-order valence-electron chi connectivity index (χ1n) is 5.53. The third-order valence-corrected chi connectivity index (χ3v) is 2.54. The zero-order chi connectivity index (χ0) is 13.0. The van der Waals surface area contributed by atoms with E-state index < -0.39 is 0 Å². The van der Waals surface area contributed by atoms with E-state index in [1.165, 1.54) is 6.07 Å². The highest BCUT2D eigenvalue weighted by Gasteiger charge is 2.08. The van der Waals surface area contributed by atoms with Crippen molar-refractivity contribution in [2.24, 2.45) is 0 Å². The fourth-order valence-corrected chi connectivity index (χ4v) is 1.66. The minimum Gasteiger partial charge on any atom is -0.508 e.